The summed E-state index contributed by atoms with van der Waals surface area (Å²) in [5.74, 6) is 9.20. The summed E-state index contributed by atoms with van der Waals surface area (Å²) >= 11 is 0. The van der Waals surface area contributed by atoms with Crippen LogP contribution in [0.1, 0.15) is 54.7 Å². The third kappa shape index (κ3) is 11.7. The summed E-state index contributed by atoms with van der Waals surface area (Å²) in [4.78, 5) is 36.3. The van der Waals surface area contributed by atoms with E-state index >= 15 is 0 Å². The molecule has 39 heavy (non-hydrogen) atoms. The molecule has 0 saturated carbocycles. The number of aliphatic carboxylic acids is 1. The number of amides is 2. The summed E-state index contributed by atoms with van der Waals surface area (Å²) in [6.07, 6.45) is 0.190. The van der Waals surface area contributed by atoms with Crippen LogP contribution in [0, 0.1) is 23.7 Å². The van der Waals surface area contributed by atoms with Gasteiger partial charge in [0.05, 0.1) is 18.9 Å². The summed E-state index contributed by atoms with van der Waals surface area (Å²) in [5.41, 5.74) is 1.41. The van der Waals surface area contributed by atoms with Crippen LogP contribution >= 0.6 is 0 Å². The number of ether oxygens (including phenoxy) is 1. The largest absolute Gasteiger partial charge is 0.480 e. The van der Waals surface area contributed by atoms with Crippen molar-refractivity contribution in [3.8, 4) is 23.7 Å². The minimum absolute atomic E-state index is 0.0562. The van der Waals surface area contributed by atoms with Gasteiger partial charge in [-0.25, -0.2) is 9.59 Å². The zero-order chi connectivity index (χ0) is 29.2. The van der Waals surface area contributed by atoms with Crippen molar-refractivity contribution >= 4 is 28.1 Å². The molecule has 0 fully saturated rings. The lowest BCUT2D eigenvalue weighted by molar-refractivity contribution is -0.139. The van der Waals surface area contributed by atoms with Crippen molar-refractivity contribution in [3.05, 3.63) is 70.8 Å². The van der Waals surface area contributed by atoms with E-state index in [-0.39, 0.29) is 12.2 Å². The number of nitrogens with one attached hydrogen (secondary N) is 2. The summed E-state index contributed by atoms with van der Waals surface area (Å²) < 4.78 is 32.0. The third-order valence-electron chi connectivity index (χ3n) is 4.81. The van der Waals surface area contributed by atoms with Crippen LogP contribution in [0.2, 0.25) is 0 Å². The third-order valence-corrected chi connectivity index (χ3v) is 5.36. The first-order valence-electron chi connectivity index (χ1n) is 11.7. The van der Waals surface area contributed by atoms with Gasteiger partial charge in [0.25, 0.3) is 16.0 Å². The van der Waals surface area contributed by atoms with Crippen LogP contribution in [-0.2, 0) is 30.4 Å². The highest BCUT2D eigenvalue weighted by molar-refractivity contribution is 7.85. The molecule has 3 N–H and O–H groups in total. The highest BCUT2D eigenvalue weighted by Crippen LogP contribution is 2.09. The first-order chi connectivity index (χ1) is 18.1. The second kappa shape index (κ2) is 13.5. The molecule has 0 aliphatic carbocycles. The number of benzene rings is 2. The van der Waals surface area contributed by atoms with E-state index in [1.54, 1.807) is 57.2 Å². The Morgan fingerprint density at radius 3 is 1.90 bits per heavy atom. The van der Waals surface area contributed by atoms with Crippen molar-refractivity contribution < 1.29 is 36.8 Å². The van der Waals surface area contributed by atoms with Gasteiger partial charge in [0.15, 0.2) is 0 Å². The lowest BCUT2D eigenvalue weighted by Gasteiger charge is -2.25. The van der Waals surface area contributed by atoms with Crippen molar-refractivity contribution in [3.63, 3.8) is 0 Å². The Hall–Kier alpha value is -4.32. The van der Waals surface area contributed by atoms with Crippen LogP contribution in [0.25, 0.3) is 0 Å². The van der Waals surface area contributed by atoms with Crippen LogP contribution in [0.4, 0.5) is 4.79 Å². The van der Waals surface area contributed by atoms with E-state index in [0.29, 0.717) is 16.7 Å². The predicted molar refractivity (Wildman–Crippen MR) is 144 cm³/mol. The van der Waals surface area contributed by atoms with E-state index in [4.69, 9.17) is 8.92 Å². The first kappa shape index (κ1) is 30.9. The summed E-state index contributed by atoms with van der Waals surface area (Å²) in [7, 11) is -3.52. The molecule has 0 aromatic heterocycles. The van der Waals surface area contributed by atoms with Gasteiger partial charge < -0.3 is 20.5 Å². The number of hydrogen-bond acceptors (Lipinski definition) is 7. The molecule has 0 spiro atoms. The van der Waals surface area contributed by atoms with Crippen molar-refractivity contribution in [2.24, 2.45) is 0 Å². The van der Waals surface area contributed by atoms with E-state index in [2.05, 4.69) is 34.3 Å². The number of carbonyl (C=O) groups is 3. The predicted octanol–water partition coefficient (Wildman–Crippen LogP) is 2.66. The molecular weight excluding hydrogens is 524 g/mol. The van der Waals surface area contributed by atoms with Gasteiger partial charge >= 0.3 is 12.1 Å². The Morgan fingerprint density at radius 1 is 0.923 bits per heavy atom. The van der Waals surface area contributed by atoms with Crippen LogP contribution < -0.4 is 10.6 Å². The average Bonchev–Trinajstić information content (AvgIpc) is 2.82. The zero-order valence-corrected chi connectivity index (χ0v) is 23.0. The summed E-state index contributed by atoms with van der Waals surface area (Å²) in [5, 5.41) is 14.4. The van der Waals surface area contributed by atoms with Crippen LogP contribution in [0.15, 0.2) is 48.5 Å². The monoisotopic (exact) mass is 554 g/mol. The smallest absolute Gasteiger partial charge is 0.407 e. The van der Waals surface area contributed by atoms with Crippen molar-refractivity contribution in [2.45, 2.75) is 52.0 Å². The van der Waals surface area contributed by atoms with Gasteiger partial charge in [-0.2, -0.15) is 8.42 Å². The normalized spacial score (nSPS) is 12.4. The van der Waals surface area contributed by atoms with Crippen LogP contribution in [-0.4, -0.2) is 55.4 Å². The van der Waals surface area contributed by atoms with Crippen molar-refractivity contribution in [1.82, 2.24) is 10.6 Å². The van der Waals surface area contributed by atoms with Crippen molar-refractivity contribution in [1.29, 1.82) is 0 Å². The van der Waals surface area contributed by atoms with Gasteiger partial charge in [-0.1, -0.05) is 24.0 Å². The number of carboxylic acids is 1. The van der Waals surface area contributed by atoms with Gasteiger partial charge in [-0.3, -0.25) is 8.98 Å². The van der Waals surface area contributed by atoms with E-state index in [0.717, 1.165) is 6.26 Å². The number of alkyl carbamates (subject to hydrolysis) is 1. The topological polar surface area (TPSA) is 148 Å². The van der Waals surface area contributed by atoms with Crippen LogP contribution in [0.5, 0.6) is 0 Å². The SMILES string of the molecule is C[C@@H](NC(=O)OC(C)(C)C)[C@H](NC(=O)c1ccc(C#CC#Cc2ccc(COS(C)(=O)=O)cc2)cc1)C(=O)O. The van der Waals surface area contributed by atoms with Gasteiger partial charge in [-0.15, -0.1) is 0 Å². The van der Waals surface area contributed by atoms with E-state index in [9.17, 15) is 27.9 Å². The van der Waals surface area contributed by atoms with E-state index in [1.165, 1.54) is 19.1 Å². The molecule has 0 aliphatic rings. The Kier molecular flexibility index (Phi) is 10.7. The molecule has 0 heterocycles. The van der Waals surface area contributed by atoms with Gasteiger partial charge in [0.1, 0.15) is 11.6 Å². The maximum absolute atomic E-state index is 12.6. The van der Waals surface area contributed by atoms with Gasteiger partial charge in [-0.05, 0) is 81.5 Å². The molecule has 0 bridgehead atoms. The average molecular weight is 555 g/mol. The molecule has 2 amide bonds. The molecule has 206 valence electrons. The molecule has 0 aliphatic heterocycles. The lowest BCUT2D eigenvalue weighted by atomic mass is 10.1. The molecule has 11 heteroatoms. The number of hydrogen-bond donors (Lipinski definition) is 3. The fraction of sp³-hybridized carbons (Fsp3) is 0.321. The quantitative estimate of drug-likeness (QED) is 0.333. The molecule has 10 nitrogen and oxygen atoms in total. The highest BCUT2D eigenvalue weighted by atomic mass is 32.2. The molecule has 2 atom stereocenters. The van der Waals surface area contributed by atoms with Crippen molar-refractivity contribution in [2.75, 3.05) is 6.26 Å². The summed E-state index contributed by atoms with van der Waals surface area (Å²) in [6.45, 7) is 6.42. The fourth-order valence-corrected chi connectivity index (χ4v) is 3.32. The molecule has 2 rings (SSSR count). The zero-order valence-electron chi connectivity index (χ0n) is 22.2. The number of rotatable bonds is 8. The first-order valence-corrected chi connectivity index (χ1v) is 13.5. The minimum Gasteiger partial charge on any atom is -0.480 e. The number of carboxylic acid groups (broad SMARTS) is 1. The standard InChI is InChI=1S/C28H30N2O8S/c1-19(29-27(34)38-28(2,3)4)24(26(32)33)30-25(31)23-16-14-21(15-17-23)9-7-6-8-20-10-12-22(13-11-20)18-37-39(5,35)36/h10-17,19,24H,18H2,1-5H3,(H,29,34)(H,30,31)(H,32,33)/t19-,24+/m1/s1. The fourth-order valence-electron chi connectivity index (χ4n) is 2.97. The van der Waals surface area contributed by atoms with Gasteiger partial charge in [0, 0.05) is 16.7 Å². The lowest BCUT2D eigenvalue weighted by Crippen LogP contribution is -2.54. The highest BCUT2D eigenvalue weighted by Gasteiger charge is 2.29. The maximum Gasteiger partial charge on any atom is 0.407 e. The molecule has 0 radical (unpaired) electrons. The number of carbonyl (C=O) groups excluding carboxylic acids is 2. The van der Waals surface area contributed by atoms with E-state index in [1.807, 2.05) is 0 Å². The minimum atomic E-state index is -3.52. The second-order valence-electron chi connectivity index (χ2n) is 9.46. The molecule has 2 aromatic rings. The second-order valence-corrected chi connectivity index (χ2v) is 11.1. The molecule has 0 saturated heterocycles. The molecule has 2 aromatic carbocycles. The van der Waals surface area contributed by atoms with E-state index < -0.39 is 45.8 Å². The van der Waals surface area contributed by atoms with Gasteiger partial charge in [0.2, 0.25) is 0 Å². The molecule has 0 unspecified atom stereocenters. The van der Waals surface area contributed by atoms with Crippen LogP contribution in [0.3, 0.4) is 0 Å². The summed E-state index contributed by atoms with van der Waals surface area (Å²) in [6, 6.07) is 10.7. The maximum atomic E-state index is 12.6. The Labute approximate surface area is 228 Å². The Morgan fingerprint density at radius 2 is 1.44 bits per heavy atom. The Balaban J connectivity index is 1.97. The molecular formula is C28H30N2O8S. The Bertz CT molecular complexity index is 1420.